The zero-order chi connectivity index (χ0) is 24.1. The number of rotatable bonds is 13. The Labute approximate surface area is 195 Å². The van der Waals surface area contributed by atoms with E-state index >= 15 is 0 Å². The normalized spacial score (nSPS) is 19.4. The molecule has 184 valence electrons. The molecule has 1 saturated heterocycles. The van der Waals surface area contributed by atoms with Gasteiger partial charge in [-0.05, 0) is 69.6 Å². The molecule has 1 aromatic carbocycles. The lowest BCUT2D eigenvalue weighted by Gasteiger charge is -2.27. The average Bonchev–Trinajstić information content (AvgIpc) is 3.55. The lowest BCUT2D eigenvalue weighted by atomic mass is 9.92. The molecular weight excluding hydrogens is 447 g/mol. The van der Waals surface area contributed by atoms with Crippen LogP contribution in [0.1, 0.15) is 77.2 Å². The number of piperidine rings is 1. The smallest absolute Gasteiger partial charge is 0.229 e. The van der Waals surface area contributed by atoms with Crippen LogP contribution in [0, 0.1) is 17.7 Å². The number of unbranched alkanes of at least 4 members (excludes halogenated alkanes) is 3. The number of halogens is 1. The van der Waals surface area contributed by atoms with Crippen molar-refractivity contribution in [2.45, 2.75) is 77.2 Å². The molecule has 3 rings (SSSR count). The standard InChI is InChI=1S/C24H35FN2O5S/c1-24(2,19-11-12-20(25)21(15-19)32-16-17-8-9-17)27-33(30,31)14-6-4-3-5-7-18-10-13-22(28)26-23(18)29/h11-12,15,17-18,27H,3-10,13-14,16H2,1-2H3,(H,26,28,29). The van der Waals surface area contributed by atoms with Gasteiger partial charge in [-0.15, -0.1) is 0 Å². The topological polar surface area (TPSA) is 102 Å². The van der Waals surface area contributed by atoms with Crippen molar-refractivity contribution in [3.63, 3.8) is 0 Å². The van der Waals surface area contributed by atoms with E-state index in [9.17, 15) is 22.4 Å². The van der Waals surface area contributed by atoms with Gasteiger partial charge in [0, 0.05) is 12.3 Å². The zero-order valence-electron chi connectivity index (χ0n) is 19.5. The maximum absolute atomic E-state index is 14.1. The largest absolute Gasteiger partial charge is 0.490 e. The van der Waals surface area contributed by atoms with Crippen molar-refractivity contribution in [2.75, 3.05) is 12.4 Å². The highest BCUT2D eigenvalue weighted by Crippen LogP contribution is 2.32. The maximum atomic E-state index is 14.1. The van der Waals surface area contributed by atoms with Gasteiger partial charge in [0.15, 0.2) is 11.6 Å². The van der Waals surface area contributed by atoms with Crippen LogP contribution < -0.4 is 14.8 Å². The van der Waals surface area contributed by atoms with Crippen molar-refractivity contribution in [2.24, 2.45) is 11.8 Å². The van der Waals surface area contributed by atoms with E-state index in [1.54, 1.807) is 26.0 Å². The molecule has 1 saturated carbocycles. The van der Waals surface area contributed by atoms with Crippen LogP contribution in [0.3, 0.4) is 0 Å². The summed E-state index contributed by atoms with van der Waals surface area (Å²) in [4.78, 5) is 23.0. The first-order valence-corrected chi connectivity index (χ1v) is 13.5. The van der Waals surface area contributed by atoms with Crippen molar-refractivity contribution < 1.29 is 27.1 Å². The quantitative estimate of drug-likeness (QED) is 0.329. The molecule has 1 aliphatic carbocycles. The van der Waals surface area contributed by atoms with Crippen molar-refractivity contribution in [3.8, 4) is 5.75 Å². The lowest BCUT2D eigenvalue weighted by Crippen LogP contribution is -2.42. The molecule has 1 aromatic rings. The summed E-state index contributed by atoms with van der Waals surface area (Å²) in [5.74, 6) is -0.327. The van der Waals surface area contributed by atoms with Crippen LogP contribution in [-0.4, -0.2) is 32.6 Å². The molecule has 33 heavy (non-hydrogen) atoms. The van der Waals surface area contributed by atoms with Crippen LogP contribution in [0.5, 0.6) is 5.75 Å². The molecule has 1 heterocycles. The Balaban J connectivity index is 1.42. The number of nitrogens with one attached hydrogen (secondary N) is 2. The summed E-state index contributed by atoms with van der Waals surface area (Å²) < 4.78 is 47.7. The van der Waals surface area contributed by atoms with Crippen LogP contribution >= 0.6 is 0 Å². The molecule has 0 radical (unpaired) electrons. The second-order valence-corrected chi connectivity index (χ2v) is 11.6. The summed E-state index contributed by atoms with van der Waals surface area (Å²) in [6, 6.07) is 4.47. The molecule has 2 fully saturated rings. The van der Waals surface area contributed by atoms with Crippen molar-refractivity contribution >= 4 is 21.8 Å². The Morgan fingerprint density at radius 1 is 1.12 bits per heavy atom. The number of carbonyl (C=O) groups excluding carboxylic acids is 2. The fraction of sp³-hybridized carbons (Fsp3) is 0.667. The minimum atomic E-state index is -3.53. The van der Waals surface area contributed by atoms with Gasteiger partial charge < -0.3 is 4.74 Å². The Morgan fingerprint density at radius 3 is 2.55 bits per heavy atom. The third kappa shape index (κ3) is 8.07. The van der Waals surface area contributed by atoms with Crippen LogP contribution in [0.2, 0.25) is 0 Å². The van der Waals surface area contributed by atoms with Gasteiger partial charge in [0.2, 0.25) is 21.8 Å². The van der Waals surface area contributed by atoms with E-state index in [0.29, 0.717) is 43.8 Å². The van der Waals surface area contributed by atoms with E-state index in [1.807, 2.05) is 0 Å². The van der Waals surface area contributed by atoms with Gasteiger partial charge >= 0.3 is 0 Å². The number of hydrogen-bond acceptors (Lipinski definition) is 5. The van der Waals surface area contributed by atoms with Gasteiger partial charge in [-0.25, -0.2) is 17.5 Å². The van der Waals surface area contributed by atoms with Crippen LogP contribution in [0.4, 0.5) is 4.39 Å². The van der Waals surface area contributed by atoms with Gasteiger partial charge in [-0.2, -0.15) is 0 Å². The van der Waals surface area contributed by atoms with Gasteiger partial charge in [0.1, 0.15) is 0 Å². The molecule has 0 bridgehead atoms. The third-order valence-corrected chi connectivity index (χ3v) is 7.95. The molecule has 2 amide bonds. The number of ether oxygens (including phenoxy) is 1. The van der Waals surface area contributed by atoms with Gasteiger partial charge in [0.05, 0.1) is 17.9 Å². The van der Waals surface area contributed by atoms with E-state index in [-0.39, 0.29) is 29.2 Å². The first kappa shape index (κ1) is 25.6. The fourth-order valence-corrected chi connectivity index (χ4v) is 5.63. The molecule has 2 N–H and O–H groups in total. The predicted molar refractivity (Wildman–Crippen MR) is 124 cm³/mol. The molecule has 1 aliphatic heterocycles. The number of carbonyl (C=O) groups is 2. The zero-order valence-corrected chi connectivity index (χ0v) is 20.3. The van der Waals surface area contributed by atoms with E-state index in [2.05, 4.69) is 10.0 Å². The highest BCUT2D eigenvalue weighted by atomic mass is 32.2. The Bertz CT molecular complexity index is 960. The van der Waals surface area contributed by atoms with Crippen molar-refractivity contribution in [1.82, 2.24) is 10.0 Å². The highest BCUT2D eigenvalue weighted by Gasteiger charge is 2.29. The van der Waals surface area contributed by atoms with E-state index in [0.717, 1.165) is 32.1 Å². The Hall–Kier alpha value is -2.00. The van der Waals surface area contributed by atoms with E-state index in [1.165, 1.54) is 6.07 Å². The van der Waals surface area contributed by atoms with Crippen molar-refractivity contribution in [1.29, 1.82) is 0 Å². The summed E-state index contributed by atoms with van der Waals surface area (Å²) >= 11 is 0. The third-order valence-electron chi connectivity index (χ3n) is 6.30. The summed E-state index contributed by atoms with van der Waals surface area (Å²) in [5.41, 5.74) is -0.266. The number of sulfonamides is 1. The monoisotopic (exact) mass is 482 g/mol. The predicted octanol–water partition coefficient (Wildman–Crippen LogP) is 3.77. The molecule has 2 aliphatic rings. The number of hydrogen-bond donors (Lipinski definition) is 2. The minimum Gasteiger partial charge on any atom is -0.490 e. The second-order valence-electron chi connectivity index (χ2n) is 9.80. The molecule has 9 heteroatoms. The first-order valence-electron chi connectivity index (χ1n) is 11.8. The number of amides is 2. The Morgan fingerprint density at radius 2 is 1.85 bits per heavy atom. The minimum absolute atomic E-state index is 0.00107. The molecular formula is C24H35FN2O5S. The SMILES string of the molecule is CC(C)(NS(=O)(=O)CCCCCCC1CCC(=O)NC1=O)c1ccc(F)c(OCC2CC2)c1. The molecule has 1 unspecified atom stereocenters. The lowest BCUT2D eigenvalue weighted by molar-refractivity contribution is -0.136. The molecule has 0 aromatic heterocycles. The summed E-state index contributed by atoms with van der Waals surface area (Å²) in [6.07, 6.45) is 6.80. The fourth-order valence-electron chi connectivity index (χ4n) is 4.04. The van der Waals surface area contributed by atoms with E-state index < -0.39 is 21.4 Å². The molecule has 7 nitrogen and oxygen atoms in total. The van der Waals surface area contributed by atoms with Crippen LogP contribution in [-0.2, 0) is 25.2 Å². The van der Waals surface area contributed by atoms with Crippen LogP contribution in [0.15, 0.2) is 18.2 Å². The summed E-state index contributed by atoms with van der Waals surface area (Å²) in [5, 5.41) is 2.36. The van der Waals surface area contributed by atoms with Gasteiger partial charge in [0.25, 0.3) is 0 Å². The molecule has 0 spiro atoms. The van der Waals surface area contributed by atoms with Crippen molar-refractivity contribution in [3.05, 3.63) is 29.6 Å². The molecule has 1 atom stereocenters. The number of imide groups is 1. The maximum Gasteiger partial charge on any atom is 0.229 e. The second kappa shape index (κ2) is 11.0. The Kier molecular flexibility index (Phi) is 8.50. The number of benzene rings is 1. The highest BCUT2D eigenvalue weighted by molar-refractivity contribution is 7.89. The average molecular weight is 483 g/mol. The summed E-state index contributed by atoms with van der Waals surface area (Å²) in [7, 11) is -3.53. The van der Waals surface area contributed by atoms with E-state index in [4.69, 9.17) is 4.74 Å². The summed E-state index contributed by atoms with van der Waals surface area (Å²) in [6.45, 7) is 3.99. The first-order chi connectivity index (χ1) is 15.6. The van der Waals surface area contributed by atoms with Gasteiger partial charge in [-0.1, -0.05) is 25.3 Å². The van der Waals surface area contributed by atoms with Gasteiger partial charge in [-0.3, -0.25) is 14.9 Å². The van der Waals surface area contributed by atoms with Crippen LogP contribution in [0.25, 0.3) is 0 Å².